The fourth-order valence-corrected chi connectivity index (χ4v) is 2.19. The zero-order valence-corrected chi connectivity index (χ0v) is 11.3. The SMILES string of the molecule is COc1cccc(F)c1[C@@H](C)NC(=O)C1(C(=O)O)CC1. The quantitative estimate of drug-likeness (QED) is 0.808. The van der Waals surface area contributed by atoms with Gasteiger partial charge >= 0.3 is 5.97 Å². The number of aliphatic carboxylic acids is 1. The van der Waals surface area contributed by atoms with Crippen LogP contribution in [0.25, 0.3) is 0 Å². The van der Waals surface area contributed by atoms with Gasteiger partial charge in [-0.3, -0.25) is 9.59 Å². The molecule has 1 fully saturated rings. The van der Waals surface area contributed by atoms with E-state index in [2.05, 4.69) is 5.32 Å². The minimum Gasteiger partial charge on any atom is -0.496 e. The van der Waals surface area contributed by atoms with E-state index in [0.717, 1.165) is 0 Å². The average molecular weight is 281 g/mol. The third-order valence-corrected chi connectivity index (χ3v) is 3.61. The van der Waals surface area contributed by atoms with Crippen molar-refractivity contribution in [1.82, 2.24) is 5.32 Å². The molecule has 0 heterocycles. The molecule has 1 saturated carbocycles. The van der Waals surface area contributed by atoms with Crippen molar-refractivity contribution in [2.75, 3.05) is 7.11 Å². The van der Waals surface area contributed by atoms with Gasteiger partial charge in [-0.1, -0.05) is 6.07 Å². The van der Waals surface area contributed by atoms with E-state index in [1.165, 1.54) is 19.2 Å². The number of carbonyl (C=O) groups excluding carboxylic acids is 1. The molecule has 20 heavy (non-hydrogen) atoms. The van der Waals surface area contributed by atoms with Crippen LogP contribution in [0.4, 0.5) is 4.39 Å². The smallest absolute Gasteiger partial charge is 0.319 e. The Hall–Kier alpha value is -2.11. The number of hydrogen-bond donors (Lipinski definition) is 2. The molecule has 2 N–H and O–H groups in total. The molecular weight excluding hydrogens is 265 g/mol. The lowest BCUT2D eigenvalue weighted by molar-refractivity contribution is -0.149. The molecule has 5 nitrogen and oxygen atoms in total. The monoisotopic (exact) mass is 281 g/mol. The highest BCUT2D eigenvalue weighted by Crippen LogP contribution is 2.46. The Morgan fingerprint density at radius 2 is 2.10 bits per heavy atom. The molecule has 0 radical (unpaired) electrons. The van der Waals surface area contributed by atoms with E-state index in [0.29, 0.717) is 18.6 Å². The van der Waals surface area contributed by atoms with Crippen LogP contribution in [0.2, 0.25) is 0 Å². The molecule has 0 bridgehead atoms. The van der Waals surface area contributed by atoms with Crippen LogP contribution in [0.15, 0.2) is 18.2 Å². The first kappa shape index (κ1) is 14.3. The summed E-state index contributed by atoms with van der Waals surface area (Å²) < 4.78 is 18.9. The first-order valence-electron chi connectivity index (χ1n) is 6.29. The number of hydrogen-bond acceptors (Lipinski definition) is 3. The van der Waals surface area contributed by atoms with Crippen LogP contribution in [0.5, 0.6) is 5.75 Å². The van der Waals surface area contributed by atoms with Gasteiger partial charge in [0.2, 0.25) is 5.91 Å². The summed E-state index contributed by atoms with van der Waals surface area (Å²) in [5.74, 6) is -1.90. The maximum Gasteiger partial charge on any atom is 0.319 e. The number of nitrogens with one attached hydrogen (secondary N) is 1. The first-order chi connectivity index (χ1) is 9.42. The molecule has 2 rings (SSSR count). The fourth-order valence-electron chi connectivity index (χ4n) is 2.19. The predicted molar refractivity (Wildman–Crippen MR) is 68.8 cm³/mol. The predicted octanol–water partition coefficient (Wildman–Crippen LogP) is 1.88. The summed E-state index contributed by atoms with van der Waals surface area (Å²) >= 11 is 0. The van der Waals surface area contributed by atoms with Crippen molar-refractivity contribution in [1.29, 1.82) is 0 Å². The molecule has 0 saturated heterocycles. The summed E-state index contributed by atoms with van der Waals surface area (Å²) in [6.45, 7) is 1.59. The van der Waals surface area contributed by atoms with E-state index in [4.69, 9.17) is 9.84 Å². The van der Waals surface area contributed by atoms with Gasteiger partial charge in [-0.15, -0.1) is 0 Å². The van der Waals surface area contributed by atoms with E-state index in [1.54, 1.807) is 13.0 Å². The van der Waals surface area contributed by atoms with Crippen LogP contribution < -0.4 is 10.1 Å². The maximum atomic E-state index is 13.9. The fraction of sp³-hybridized carbons (Fsp3) is 0.429. The van der Waals surface area contributed by atoms with Crippen LogP contribution in [0, 0.1) is 11.2 Å². The molecule has 1 aromatic carbocycles. The van der Waals surface area contributed by atoms with Gasteiger partial charge in [-0.05, 0) is 31.9 Å². The largest absolute Gasteiger partial charge is 0.496 e. The van der Waals surface area contributed by atoms with Crippen LogP contribution in [-0.2, 0) is 9.59 Å². The number of carbonyl (C=O) groups is 2. The summed E-state index contributed by atoms with van der Waals surface area (Å²) in [5, 5.41) is 11.6. The summed E-state index contributed by atoms with van der Waals surface area (Å²) in [4.78, 5) is 23.1. The second kappa shape index (κ2) is 5.11. The average Bonchev–Trinajstić information content (AvgIpc) is 3.19. The Kier molecular flexibility index (Phi) is 3.65. The third kappa shape index (κ3) is 2.33. The highest BCUT2D eigenvalue weighted by molar-refractivity contribution is 6.04. The topological polar surface area (TPSA) is 75.6 Å². The van der Waals surface area contributed by atoms with Gasteiger partial charge in [0, 0.05) is 0 Å². The number of carboxylic acids is 1. The van der Waals surface area contributed by atoms with E-state index < -0.39 is 29.2 Å². The Morgan fingerprint density at radius 3 is 2.60 bits per heavy atom. The summed E-state index contributed by atoms with van der Waals surface area (Å²) in [6, 6.07) is 3.69. The number of methoxy groups -OCH3 is 1. The van der Waals surface area contributed by atoms with Gasteiger partial charge < -0.3 is 15.2 Å². The third-order valence-electron chi connectivity index (χ3n) is 3.61. The van der Waals surface area contributed by atoms with Crippen LogP contribution >= 0.6 is 0 Å². The highest BCUT2D eigenvalue weighted by atomic mass is 19.1. The molecule has 1 aliphatic rings. The Balaban J connectivity index is 2.19. The number of carboxylic acid groups (broad SMARTS) is 1. The lowest BCUT2D eigenvalue weighted by Crippen LogP contribution is -2.38. The van der Waals surface area contributed by atoms with Gasteiger partial charge in [0.1, 0.15) is 17.0 Å². The first-order valence-corrected chi connectivity index (χ1v) is 6.29. The second-order valence-electron chi connectivity index (χ2n) is 4.94. The lowest BCUT2D eigenvalue weighted by Gasteiger charge is -2.20. The van der Waals surface area contributed by atoms with Crippen LogP contribution in [0.1, 0.15) is 31.4 Å². The van der Waals surface area contributed by atoms with Gasteiger partial charge in [0.25, 0.3) is 0 Å². The Labute approximate surface area is 115 Å². The molecule has 1 aromatic rings. The molecule has 1 atom stereocenters. The second-order valence-corrected chi connectivity index (χ2v) is 4.94. The summed E-state index contributed by atoms with van der Waals surface area (Å²) in [6.07, 6.45) is 0.630. The molecule has 0 unspecified atom stereocenters. The maximum absolute atomic E-state index is 13.9. The van der Waals surface area contributed by atoms with Crippen molar-refractivity contribution >= 4 is 11.9 Å². The van der Waals surface area contributed by atoms with Crippen molar-refractivity contribution in [3.63, 3.8) is 0 Å². The van der Waals surface area contributed by atoms with E-state index in [1.807, 2.05) is 0 Å². The standard InChI is InChI=1S/C14H16FNO4/c1-8(11-9(15)4-3-5-10(11)20-2)16-12(17)14(6-7-14)13(18)19/h3-5,8H,6-7H2,1-2H3,(H,16,17)(H,18,19)/t8-/m1/s1. The van der Waals surface area contributed by atoms with Gasteiger partial charge in [-0.2, -0.15) is 0 Å². The molecule has 1 aliphatic carbocycles. The molecule has 6 heteroatoms. The zero-order chi connectivity index (χ0) is 14.9. The van der Waals surface area contributed by atoms with Crippen molar-refractivity contribution in [2.24, 2.45) is 5.41 Å². The van der Waals surface area contributed by atoms with E-state index in [-0.39, 0.29) is 5.56 Å². The molecule has 108 valence electrons. The molecule has 1 amide bonds. The summed E-state index contributed by atoms with van der Waals surface area (Å²) in [7, 11) is 1.41. The Morgan fingerprint density at radius 1 is 1.45 bits per heavy atom. The number of rotatable bonds is 5. The van der Waals surface area contributed by atoms with Crippen molar-refractivity contribution in [3.8, 4) is 5.75 Å². The minimum absolute atomic E-state index is 0.213. The molecule has 0 aliphatic heterocycles. The number of benzene rings is 1. The molecule has 0 aromatic heterocycles. The molecule has 0 spiro atoms. The Bertz CT molecular complexity index is 554. The van der Waals surface area contributed by atoms with E-state index in [9.17, 15) is 14.0 Å². The van der Waals surface area contributed by atoms with Crippen LogP contribution in [-0.4, -0.2) is 24.1 Å². The zero-order valence-electron chi connectivity index (χ0n) is 11.3. The van der Waals surface area contributed by atoms with Gasteiger partial charge in [0.15, 0.2) is 0 Å². The summed E-state index contributed by atoms with van der Waals surface area (Å²) in [5.41, 5.74) is -1.13. The normalized spacial score (nSPS) is 17.1. The van der Waals surface area contributed by atoms with Crippen molar-refractivity contribution < 1.29 is 23.8 Å². The minimum atomic E-state index is -1.34. The van der Waals surface area contributed by atoms with Crippen LogP contribution in [0.3, 0.4) is 0 Å². The number of amides is 1. The van der Waals surface area contributed by atoms with Crippen molar-refractivity contribution in [3.05, 3.63) is 29.6 Å². The number of halogens is 1. The van der Waals surface area contributed by atoms with Gasteiger partial charge in [-0.25, -0.2) is 4.39 Å². The van der Waals surface area contributed by atoms with E-state index >= 15 is 0 Å². The highest BCUT2D eigenvalue weighted by Gasteiger charge is 2.57. The van der Waals surface area contributed by atoms with Crippen molar-refractivity contribution in [2.45, 2.75) is 25.8 Å². The lowest BCUT2D eigenvalue weighted by atomic mass is 10.0. The van der Waals surface area contributed by atoms with Gasteiger partial charge in [0.05, 0.1) is 18.7 Å². The number of ether oxygens (including phenoxy) is 1. The molecular formula is C14H16FNO4.